The molecule has 0 aliphatic carbocycles. The van der Waals surface area contributed by atoms with E-state index in [2.05, 4.69) is 10.3 Å². The van der Waals surface area contributed by atoms with E-state index < -0.39 is 5.92 Å². The van der Waals surface area contributed by atoms with Crippen LogP contribution in [0.15, 0.2) is 91.5 Å². The number of carbonyl (C=O) groups is 1. The van der Waals surface area contributed by atoms with Crippen LogP contribution in [0, 0.1) is 0 Å². The van der Waals surface area contributed by atoms with Crippen molar-refractivity contribution < 1.29 is 9.53 Å². The maximum Gasteiger partial charge on any atom is 0.232 e. The molecular formula is C24H19N3O2. The molecule has 0 unspecified atom stereocenters. The van der Waals surface area contributed by atoms with Crippen LogP contribution in [0.25, 0.3) is 5.69 Å². The summed E-state index contributed by atoms with van der Waals surface area (Å²) in [5.41, 5.74) is 3.78. The van der Waals surface area contributed by atoms with Crippen LogP contribution in [0.4, 0.5) is 0 Å². The summed E-state index contributed by atoms with van der Waals surface area (Å²) in [5.74, 6) is 1.00. The van der Waals surface area contributed by atoms with Gasteiger partial charge in [0, 0.05) is 30.1 Å². The highest BCUT2D eigenvalue weighted by molar-refractivity contribution is 5.89. The summed E-state index contributed by atoms with van der Waals surface area (Å²) in [6.45, 7) is 0.425. The van der Waals surface area contributed by atoms with Gasteiger partial charge >= 0.3 is 0 Å². The molecule has 4 aromatic rings. The fourth-order valence-corrected chi connectivity index (χ4v) is 3.79. The van der Waals surface area contributed by atoms with E-state index in [4.69, 9.17) is 4.74 Å². The van der Waals surface area contributed by atoms with Crippen molar-refractivity contribution in [1.29, 1.82) is 0 Å². The number of imidazole rings is 1. The normalized spacial score (nSPS) is 12.6. The first-order valence-corrected chi connectivity index (χ1v) is 9.51. The maximum atomic E-state index is 13.3. The zero-order valence-corrected chi connectivity index (χ0v) is 15.7. The van der Waals surface area contributed by atoms with Gasteiger partial charge in [-0.3, -0.25) is 4.79 Å². The average Bonchev–Trinajstić information content (AvgIpc) is 3.31. The molecule has 5 nitrogen and oxygen atoms in total. The Morgan fingerprint density at radius 1 is 0.931 bits per heavy atom. The molecule has 5 rings (SSSR count). The monoisotopic (exact) mass is 381 g/mol. The number of carbonyl (C=O) groups excluding carboxylic acids is 1. The molecule has 0 bridgehead atoms. The number of amides is 1. The van der Waals surface area contributed by atoms with Crippen molar-refractivity contribution >= 4 is 5.91 Å². The minimum Gasteiger partial charge on any atom is -0.457 e. The zero-order chi connectivity index (χ0) is 19.6. The lowest BCUT2D eigenvalue weighted by molar-refractivity contribution is -0.122. The molecule has 1 N–H and O–H groups in total. The summed E-state index contributed by atoms with van der Waals surface area (Å²) in [4.78, 5) is 17.4. The van der Waals surface area contributed by atoms with Crippen LogP contribution in [0.1, 0.15) is 22.6 Å². The summed E-state index contributed by atoms with van der Waals surface area (Å²) in [7, 11) is 0. The van der Waals surface area contributed by atoms with Crippen LogP contribution in [0.3, 0.4) is 0 Å². The first-order chi connectivity index (χ1) is 14.3. The SMILES string of the molecule is O=C(NCc1ccccc1-n1ccnc1)C1c2ccccc2Oc2ccccc21. The van der Waals surface area contributed by atoms with Crippen molar-refractivity contribution in [2.45, 2.75) is 12.5 Å². The molecule has 0 saturated heterocycles. The van der Waals surface area contributed by atoms with Crippen molar-refractivity contribution in [3.63, 3.8) is 0 Å². The van der Waals surface area contributed by atoms with Gasteiger partial charge in [0.05, 0.1) is 17.9 Å². The third kappa shape index (κ3) is 3.17. The summed E-state index contributed by atoms with van der Waals surface area (Å²) < 4.78 is 7.94. The fraction of sp³-hybridized carbons (Fsp3) is 0.0833. The molecule has 1 aromatic heterocycles. The summed E-state index contributed by atoms with van der Waals surface area (Å²) >= 11 is 0. The van der Waals surface area contributed by atoms with Crippen LogP contribution in [-0.4, -0.2) is 15.5 Å². The number of nitrogens with one attached hydrogen (secondary N) is 1. The zero-order valence-electron chi connectivity index (χ0n) is 15.7. The number of fused-ring (bicyclic) bond motifs is 2. The lowest BCUT2D eigenvalue weighted by atomic mass is 9.87. The first-order valence-electron chi connectivity index (χ1n) is 9.51. The van der Waals surface area contributed by atoms with Gasteiger partial charge in [0.2, 0.25) is 5.91 Å². The van der Waals surface area contributed by atoms with Gasteiger partial charge in [-0.15, -0.1) is 0 Å². The van der Waals surface area contributed by atoms with E-state index in [1.54, 1.807) is 12.5 Å². The molecule has 29 heavy (non-hydrogen) atoms. The third-order valence-electron chi connectivity index (χ3n) is 5.17. The van der Waals surface area contributed by atoms with E-state index in [-0.39, 0.29) is 5.91 Å². The smallest absolute Gasteiger partial charge is 0.232 e. The van der Waals surface area contributed by atoms with Crippen molar-refractivity contribution in [2.24, 2.45) is 0 Å². The van der Waals surface area contributed by atoms with E-state index in [0.29, 0.717) is 6.54 Å². The number of benzene rings is 3. The molecule has 142 valence electrons. The minimum absolute atomic E-state index is 0.0476. The second-order valence-corrected chi connectivity index (χ2v) is 6.93. The summed E-state index contributed by atoms with van der Waals surface area (Å²) in [6, 6.07) is 23.4. The summed E-state index contributed by atoms with van der Waals surface area (Å²) in [5, 5.41) is 3.12. The van der Waals surface area contributed by atoms with Gasteiger partial charge < -0.3 is 14.6 Å². The van der Waals surface area contributed by atoms with Gasteiger partial charge in [-0.05, 0) is 23.8 Å². The third-order valence-corrected chi connectivity index (χ3v) is 5.17. The van der Waals surface area contributed by atoms with Crippen LogP contribution >= 0.6 is 0 Å². The highest BCUT2D eigenvalue weighted by Gasteiger charge is 2.32. The van der Waals surface area contributed by atoms with Gasteiger partial charge in [-0.1, -0.05) is 54.6 Å². The molecule has 0 spiro atoms. The topological polar surface area (TPSA) is 56.2 Å². The minimum atomic E-state index is -0.406. The lowest BCUT2D eigenvalue weighted by Gasteiger charge is -2.27. The van der Waals surface area contributed by atoms with E-state index in [1.165, 1.54) is 0 Å². The van der Waals surface area contributed by atoms with Crippen LogP contribution < -0.4 is 10.1 Å². The Kier molecular flexibility index (Phi) is 4.33. The molecule has 2 heterocycles. The highest BCUT2D eigenvalue weighted by atomic mass is 16.5. The van der Waals surface area contributed by atoms with Crippen molar-refractivity contribution in [3.8, 4) is 17.2 Å². The molecule has 0 saturated carbocycles. The number of ether oxygens (including phenoxy) is 1. The molecule has 1 aliphatic rings. The number of aromatic nitrogens is 2. The Labute approximate surface area is 168 Å². The Morgan fingerprint density at radius 3 is 2.28 bits per heavy atom. The largest absolute Gasteiger partial charge is 0.457 e. The average molecular weight is 381 g/mol. The second-order valence-electron chi connectivity index (χ2n) is 6.93. The first kappa shape index (κ1) is 17.3. The lowest BCUT2D eigenvalue weighted by Crippen LogP contribution is -2.31. The van der Waals surface area contributed by atoms with Crippen molar-refractivity contribution in [1.82, 2.24) is 14.9 Å². The quantitative estimate of drug-likeness (QED) is 0.569. The molecule has 0 radical (unpaired) electrons. The predicted molar refractivity (Wildman–Crippen MR) is 110 cm³/mol. The van der Waals surface area contributed by atoms with Gasteiger partial charge in [-0.25, -0.2) is 4.98 Å². The van der Waals surface area contributed by atoms with Gasteiger partial charge in [0.1, 0.15) is 11.5 Å². The van der Waals surface area contributed by atoms with Crippen LogP contribution in [-0.2, 0) is 11.3 Å². The highest BCUT2D eigenvalue weighted by Crippen LogP contribution is 2.43. The second kappa shape index (κ2) is 7.28. The van der Waals surface area contributed by atoms with E-state index in [1.807, 2.05) is 83.6 Å². The molecule has 0 fully saturated rings. The van der Waals surface area contributed by atoms with Gasteiger partial charge in [-0.2, -0.15) is 0 Å². The number of rotatable bonds is 4. The fourth-order valence-electron chi connectivity index (χ4n) is 3.79. The van der Waals surface area contributed by atoms with E-state index >= 15 is 0 Å². The predicted octanol–water partition coefficient (Wildman–Crippen LogP) is 4.43. The molecule has 0 atom stereocenters. The standard InChI is InChI=1S/C24H19N3O2/c28-24(26-15-17-7-1-4-10-20(17)27-14-13-25-16-27)23-18-8-2-5-11-21(18)29-22-12-6-3-9-19(22)23/h1-14,16,23H,15H2,(H,26,28). The van der Waals surface area contributed by atoms with Crippen molar-refractivity contribution in [2.75, 3.05) is 0 Å². The molecule has 1 amide bonds. The van der Waals surface area contributed by atoms with Crippen molar-refractivity contribution in [3.05, 3.63) is 108 Å². The number of hydrogen-bond donors (Lipinski definition) is 1. The Bertz CT molecular complexity index is 1120. The van der Waals surface area contributed by atoms with Crippen LogP contribution in [0.5, 0.6) is 11.5 Å². The van der Waals surface area contributed by atoms with E-state index in [0.717, 1.165) is 33.9 Å². The number of nitrogens with zero attached hydrogens (tertiary/aromatic N) is 2. The molecule has 5 heteroatoms. The summed E-state index contributed by atoms with van der Waals surface area (Å²) in [6.07, 6.45) is 5.39. The van der Waals surface area contributed by atoms with E-state index in [9.17, 15) is 4.79 Å². The molecule has 3 aromatic carbocycles. The number of hydrogen-bond acceptors (Lipinski definition) is 3. The molecule has 1 aliphatic heterocycles. The maximum absolute atomic E-state index is 13.3. The molecular weight excluding hydrogens is 362 g/mol. The Morgan fingerprint density at radius 2 is 1.59 bits per heavy atom. The Balaban J connectivity index is 1.44. The van der Waals surface area contributed by atoms with Crippen LogP contribution in [0.2, 0.25) is 0 Å². The van der Waals surface area contributed by atoms with Gasteiger partial charge in [0.25, 0.3) is 0 Å². The Hall–Kier alpha value is -3.86. The van der Waals surface area contributed by atoms with Gasteiger partial charge in [0.15, 0.2) is 0 Å². The number of para-hydroxylation sites is 3.